The van der Waals surface area contributed by atoms with Crippen molar-refractivity contribution in [3.8, 4) is 0 Å². The van der Waals surface area contributed by atoms with Gasteiger partial charge in [-0.15, -0.1) is 0 Å². The molecule has 6 N–H and O–H groups in total. The molecular weight excluding hydrogens is 236 g/mol. The molecule has 1 unspecified atom stereocenters. The fourth-order valence-electron chi connectivity index (χ4n) is 1.08. The maximum Gasteiger partial charge on any atom is 0.303 e. The van der Waals surface area contributed by atoms with Gasteiger partial charge in [0.15, 0.2) is 6.29 Å². The van der Waals surface area contributed by atoms with Gasteiger partial charge in [-0.2, -0.15) is 0 Å². The molecular formula is C9H18O8. The second-order valence-electron chi connectivity index (χ2n) is 3.47. The van der Waals surface area contributed by atoms with Crippen LogP contribution in [0.2, 0.25) is 0 Å². The zero-order valence-corrected chi connectivity index (χ0v) is 9.30. The highest BCUT2D eigenvalue weighted by molar-refractivity contribution is 5.66. The van der Waals surface area contributed by atoms with Gasteiger partial charge >= 0.3 is 5.97 Å². The number of carbonyl (C=O) groups is 1. The van der Waals surface area contributed by atoms with E-state index in [1.54, 1.807) is 6.92 Å². The molecule has 8 nitrogen and oxygen atoms in total. The van der Waals surface area contributed by atoms with Gasteiger partial charge in [-0.25, -0.2) is 0 Å². The van der Waals surface area contributed by atoms with Crippen molar-refractivity contribution in [1.82, 2.24) is 0 Å². The van der Waals surface area contributed by atoms with Crippen molar-refractivity contribution < 1.29 is 40.2 Å². The molecule has 1 fully saturated rings. The minimum Gasteiger partial charge on any atom is -0.481 e. The van der Waals surface area contributed by atoms with Crippen molar-refractivity contribution >= 4 is 5.97 Å². The second-order valence-corrected chi connectivity index (χ2v) is 3.47. The van der Waals surface area contributed by atoms with Crippen LogP contribution >= 0.6 is 0 Å². The number of carboxylic acids is 1. The Kier molecular flexibility index (Phi) is 7.19. The Morgan fingerprint density at radius 3 is 1.94 bits per heavy atom. The Labute approximate surface area is 97.7 Å². The first kappa shape index (κ1) is 16.2. The van der Waals surface area contributed by atoms with Crippen LogP contribution < -0.4 is 0 Å². The molecule has 1 aliphatic rings. The number of aliphatic carboxylic acids is 1. The summed E-state index contributed by atoms with van der Waals surface area (Å²) in [6.07, 6.45) is -6.82. The first-order valence-electron chi connectivity index (χ1n) is 5.05. The summed E-state index contributed by atoms with van der Waals surface area (Å²) in [5.74, 6) is -0.745. The summed E-state index contributed by atoms with van der Waals surface area (Å²) >= 11 is 0. The van der Waals surface area contributed by atoms with Crippen LogP contribution in [0.4, 0.5) is 0 Å². The number of aliphatic hydroxyl groups excluding tert-OH is 5. The van der Waals surface area contributed by atoms with Gasteiger partial charge in [0.1, 0.15) is 24.4 Å². The summed E-state index contributed by atoms with van der Waals surface area (Å²) in [5, 5.41) is 52.4. The normalized spacial score (nSPS) is 36.9. The standard InChI is InChI=1S/C6H12O6.C3H6O2/c7-1-2-3(8)4(9)5(10)6(11)12-2;1-2-3(4)5/h2-11H,1H2;2H2,1H3,(H,4,5)/t2-,3-,4+,5-,6?;/m1./s1. The molecule has 0 spiro atoms. The summed E-state index contributed by atoms with van der Waals surface area (Å²) in [4.78, 5) is 9.37. The fourth-order valence-corrected chi connectivity index (χ4v) is 1.08. The molecule has 8 heteroatoms. The van der Waals surface area contributed by atoms with Gasteiger partial charge < -0.3 is 35.4 Å². The zero-order valence-electron chi connectivity index (χ0n) is 9.30. The molecule has 5 atom stereocenters. The summed E-state index contributed by atoms with van der Waals surface area (Å²) in [6.45, 7) is 1.07. The fraction of sp³-hybridized carbons (Fsp3) is 0.889. The number of ether oxygens (including phenoxy) is 1. The van der Waals surface area contributed by atoms with Crippen LogP contribution in [0.1, 0.15) is 13.3 Å². The highest BCUT2D eigenvalue weighted by Gasteiger charge is 2.42. The second kappa shape index (κ2) is 7.54. The lowest BCUT2D eigenvalue weighted by Crippen LogP contribution is -2.58. The van der Waals surface area contributed by atoms with Gasteiger partial charge in [-0.1, -0.05) is 6.92 Å². The number of hydrogen-bond donors (Lipinski definition) is 6. The van der Waals surface area contributed by atoms with Crippen LogP contribution in [-0.4, -0.2) is 73.9 Å². The molecule has 0 amide bonds. The monoisotopic (exact) mass is 254 g/mol. The Balaban J connectivity index is 0.000000437. The van der Waals surface area contributed by atoms with Gasteiger partial charge in [0, 0.05) is 6.42 Å². The summed E-state index contributed by atoms with van der Waals surface area (Å²) in [7, 11) is 0. The Hall–Kier alpha value is -0.770. The quantitative estimate of drug-likeness (QED) is 0.311. The average molecular weight is 254 g/mol. The summed E-state index contributed by atoms with van der Waals surface area (Å²) < 4.78 is 4.58. The first-order valence-corrected chi connectivity index (χ1v) is 5.05. The molecule has 17 heavy (non-hydrogen) atoms. The van der Waals surface area contributed by atoms with Crippen LogP contribution in [0.15, 0.2) is 0 Å². The molecule has 0 aliphatic carbocycles. The van der Waals surface area contributed by atoms with Crippen LogP contribution in [0.5, 0.6) is 0 Å². The van der Waals surface area contributed by atoms with Gasteiger partial charge in [0.25, 0.3) is 0 Å². The molecule has 102 valence electrons. The van der Waals surface area contributed by atoms with E-state index >= 15 is 0 Å². The van der Waals surface area contributed by atoms with Gasteiger partial charge in [0.05, 0.1) is 6.61 Å². The molecule has 0 aromatic heterocycles. The van der Waals surface area contributed by atoms with Gasteiger partial charge in [-0.05, 0) is 0 Å². The van der Waals surface area contributed by atoms with Crippen molar-refractivity contribution in [2.75, 3.05) is 6.61 Å². The van der Waals surface area contributed by atoms with Crippen molar-refractivity contribution in [1.29, 1.82) is 0 Å². The molecule has 0 aromatic carbocycles. The lowest BCUT2D eigenvalue weighted by molar-refractivity contribution is -0.286. The zero-order chi connectivity index (χ0) is 13.6. The maximum atomic E-state index is 9.37. The van der Waals surface area contributed by atoms with Crippen molar-refractivity contribution in [2.45, 2.75) is 44.1 Å². The molecule has 0 aromatic rings. The topological polar surface area (TPSA) is 148 Å². The number of hydrogen-bond acceptors (Lipinski definition) is 7. The van der Waals surface area contributed by atoms with Crippen molar-refractivity contribution in [2.24, 2.45) is 0 Å². The summed E-state index contributed by atoms with van der Waals surface area (Å²) in [6, 6.07) is 0. The molecule has 0 bridgehead atoms. The van der Waals surface area contributed by atoms with E-state index < -0.39 is 43.3 Å². The molecule has 0 saturated carbocycles. The maximum absolute atomic E-state index is 9.37. The molecule has 1 rings (SSSR count). The highest BCUT2D eigenvalue weighted by Crippen LogP contribution is 2.18. The lowest BCUT2D eigenvalue weighted by atomic mass is 10.00. The Morgan fingerprint density at radius 2 is 1.59 bits per heavy atom. The predicted molar refractivity (Wildman–Crippen MR) is 53.9 cm³/mol. The minimum absolute atomic E-state index is 0.222. The first-order chi connectivity index (χ1) is 7.84. The van der Waals surface area contributed by atoms with Gasteiger partial charge in [0.2, 0.25) is 0 Å². The van der Waals surface area contributed by atoms with E-state index in [0.717, 1.165) is 0 Å². The van der Waals surface area contributed by atoms with E-state index in [1.807, 2.05) is 0 Å². The van der Waals surface area contributed by atoms with Crippen LogP contribution in [0.25, 0.3) is 0 Å². The van der Waals surface area contributed by atoms with Crippen molar-refractivity contribution in [3.63, 3.8) is 0 Å². The number of carboxylic acid groups (broad SMARTS) is 1. The van der Waals surface area contributed by atoms with Crippen molar-refractivity contribution in [3.05, 3.63) is 0 Å². The SMILES string of the molecule is CCC(=O)O.OC[C@H]1OC(O)[C@H](O)[C@@H](O)[C@@H]1O. The molecule has 0 radical (unpaired) electrons. The smallest absolute Gasteiger partial charge is 0.303 e. The van der Waals surface area contributed by atoms with E-state index in [0.29, 0.717) is 0 Å². The Morgan fingerprint density at radius 1 is 1.12 bits per heavy atom. The number of rotatable bonds is 2. The van der Waals surface area contributed by atoms with E-state index in [-0.39, 0.29) is 6.42 Å². The lowest BCUT2D eigenvalue weighted by Gasteiger charge is -2.37. The van der Waals surface area contributed by atoms with E-state index in [9.17, 15) is 4.79 Å². The molecule has 1 aliphatic heterocycles. The van der Waals surface area contributed by atoms with E-state index in [2.05, 4.69) is 4.74 Å². The largest absolute Gasteiger partial charge is 0.481 e. The predicted octanol–water partition coefficient (Wildman–Crippen LogP) is -2.74. The van der Waals surface area contributed by atoms with Crippen LogP contribution in [0, 0.1) is 0 Å². The van der Waals surface area contributed by atoms with Crippen LogP contribution in [-0.2, 0) is 9.53 Å². The van der Waals surface area contributed by atoms with Gasteiger partial charge in [-0.3, -0.25) is 4.79 Å². The minimum atomic E-state index is -1.57. The Bertz CT molecular complexity index is 228. The third-order valence-electron chi connectivity index (χ3n) is 2.17. The van der Waals surface area contributed by atoms with E-state index in [1.165, 1.54) is 0 Å². The van der Waals surface area contributed by atoms with Crippen LogP contribution in [0.3, 0.4) is 0 Å². The van der Waals surface area contributed by atoms with E-state index in [4.69, 9.17) is 30.6 Å². The third-order valence-corrected chi connectivity index (χ3v) is 2.17. The number of aliphatic hydroxyl groups is 5. The molecule has 1 saturated heterocycles. The highest BCUT2D eigenvalue weighted by atomic mass is 16.6. The third kappa shape index (κ3) is 4.94. The average Bonchev–Trinajstić information content (AvgIpc) is 2.31. The summed E-state index contributed by atoms with van der Waals surface area (Å²) in [5.41, 5.74) is 0. The molecule has 1 heterocycles.